The number of sulfonamides is 1. The van der Waals surface area contributed by atoms with Crippen LogP contribution in [-0.2, 0) is 26.0 Å². The normalized spacial score (nSPS) is 15.9. The van der Waals surface area contributed by atoms with Gasteiger partial charge in [-0.3, -0.25) is 9.59 Å². The number of carboxylic acids is 1. The summed E-state index contributed by atoms with van der Waals surface area (Å²) < 4.78 is 68.7. The molecule has 1 fully saturated rings. The lowest BCUT2D eigenvalue weighted by Gasteiger charge is -2.33. The molecule has 12 heteroatoms. The number of piperazine rings is 1. The van der Waals surface area contributed by atoms with Crippen LogP contribution in [0.1, 0.15) is 25.3 Å². The molecule has 1 aliphatic heterocycles. The minimum Gasteiger partial charge on any atom is -0.481 e. The van der Waals surface area contributed by atoms with E-state index in [2.05, 4.69) is 4.74 Å². The minimum absolute atomic E-state index is 0.0182. The molecule has 0 spiro atoms. The predicted molar refractivity (Wildman–Crippen MR) is 94.7 cm³/mol. The first kappa shape index (κ1) is 22.9. The number of carbonyl (C=O) groups is 2. The van der Waals surface area contributed by atoms with E-state index in [0.29, 0.717) is 0 Å². The Hall–Kier alpha value is -2.34. The Kier molecular flexibility index (Phi) is 7.11. The first-order valence-electron chi connectivity index (χ1n) is 8.76. The number of benzene rings is 1. The largest absolute Gasteiger partial charge is 0.573 e. The highest BCUT2D eigenvalue weighted by Crippen LogP contribution is 2.31. The van der Waals surface area contributed by atoms with E-state index in [0.717, 1.165) is 22.5 Å². The van der Waals surface area contributed by atoms with Crippen LogP contribution in [0.4, 0.5) is 13.2 Å². The first-order valence-corrected chi connectivity index (χ1v) is 10.2. The van der Waals surface area contributed by atoms with Crippen molar-refractivity contribution in [3.63, 3.8) is 0 Å². The van der Waals surface area contributed by atoms with Crippen LogP contribution < -0.4 is 4.74 Å². The van der Waals surface area contributed by atoms with E-state index in [-0.39, 0.29) is 61.8 Å². The van der Waals surface area contributed by atoms with Gasteiger partial charge in [-0.15, -0.1) is 13.2 Å². The monoisotopic (exact) mass is 438 g/mol. The average molecular weight is 438 g/mol. The van der Waals surface area contributed by atoms with Crippen LogP contribution in [-0.4, -0.2) is 67.1 Å². The summed E-state index contributed by atoms with van der Waals surface area (Å²) in [6, 6.07) is 3.02. The maximum atomic E-state index is 12.9. The summed E-state index contributed by atoms with van der Waals surface area (Å²) in [5.41, 5.74) is -0.0491. The van der Waals surface area contributed by atoms with Crippen LogP contribution in [0, 0.1) is 0 Å². The van der Waals surface area contributed by atoms with Gasteiger partial charge in [0, 0.05) is 39.5 Å². The smallest absolute Gasteiger partial charge is 0.481 e. The zero-order chi connectivity index (χ0) is 21.8. The summed E-state index contributed by atoms with van der Waals surface area (Å²) in [5.74, 6) is -1.85. The van der Waals surface area contributed by atoms with Gasteiger partial charge in [-0.05, 0) is 36.6 Å². The Balaban J connectivity index is 2.27. The summed E-state index contributed by atoms with van der Waals surface area (Å²) in [6.07, 6.45) is -5.33. The summed E-state index contributed by atoms with van der Waals surface area (Å²) in [4.78, 5) is 23.3. The topological polar surface area (TPSA) is 104 Å². The van der Waals surface area contributed by atoms with Gasteiger partial charge < -0.3 is 14.7 Å². The van der Waals surface area contributed by atoms with Crippen molar-refractivity contribution in [3.05, 3.63) is 23.8 Å². The van der Waals surface area contributed by atoms with E-state index < -0.39 is 28.1 Å². The molecule has 0 saturated carbocycles. The van der Waals surface area contributed by atoms with Crippen molar-refractivity contribution in [1.29, 1.82) is 0 Å². The Bertz CT molecular complexity index is 864. The summed E-state index contributed by atoms with van der Waals surface area (Å²) >= 11 is 0. The minimum atomic E-state index is -4.97. The van der Waals surface area contributed by atoms with Gasteiger partial charge in [0.1, 0.15) is 5.75 Å². The van der Waals surface area contributed by atoms with Crippen molar-refractivity contribution < 1.29 is 41.0 Å². The summed E-state index contributed by atoms with van der Waals surface area (Å²) in [5, 5.41) is 8.72. The second kappa shape index (κ2) is 8.99. The molecule has 2 rings (SSSR count). The molecule has 0 bridgehead atoms. The zero-order valence-corrected chi connectivity index (χ0v) is 16.4. The number of aliphatic carboxylic acids is 1. The van der Waals surface area contributed by atoms with Gasteiger partial charge in [0.25, 0.3) is 0 Å². The number of rotatable bonds is 7. The molecule has 8 nitrogen and oxygen atoms in total. The number of hydrogen-bond donors (Lipinski definition) is 1. The quantitative estimate of drug-likeness (QED) is 0.697. The molecule has 1 heterocycles. The summed E-state index contributed by atoms with van der Waals surface area (Å²) in [6.45, 7) is 1.95. The van der Waals surface area contributed by atoms with Gasteiger partial charge in [0.05, 0.1) is 4.90 Å². The number of ether oxygens (including phenoxy) is 1. The number of carboxylic acid groups (broad SMARTS) is 1. The fourth-order valence-corrected chi connectivity index (χ4v) is 4.43. The Morgan fingerprint density at radius 2 is 1.79 bits per heavy atom. The molecule has 1 saturated heterocycles. The highest BCUT2D eigenvalue weighted by atomic mass is 32.2. The zero-order valence-electron chi connectivity index (χ0n) is 15.6. The van der Waals surface area contributed by atoms with Crippen LogP contribution in [0.25, 0.3) is 0 Å². The molecular weight excluding hydrogens is 417 g/mol. The number of nitrogens with zero attached hydrogens (tertiary/aromatic N) is 2. The van der Waals surface area contributed by atoms with Gasteiger partial charge in [-0.25, -0.2) is 8.42 Å². The molecule has 0 unspecified atom stereocenters. The van der Waals surface area contributed by atoms with Crippen LogP contribution in [0.3, 0.4) is 0 Å². The third-order valence-corrected chi connectivity index (χ3v) is 6.31. The number of aryl methyl sites for hydroxylation is 1. The number of alkyl halides is 3. The van der Waals surface area contributed by atoms with E-state index in [9.17, 15) is 31.2 Å². The van der Waals surface area contributed by atoms with Gasteiger partial charge in [-0.2, -0.15) is 4.31 Å². The second-order valence-electron chi connectivity index (χ2n) is 6.47. The molecule has 162 valence electrons. The maximum Gasteiger partial charge on any atom is 0.573 e. The van der Waals surface area contributed by atoms with Gasteiger partial charge in [-0.1, -0.05) is 0 Å². The van der Waals surface area contributed by atoms with Crippen molar-refractivity contribution in [1.82, 2.24) is 9.21 Å². The molecule has 1 aliphatic rings. The highest BCUT2D eigenvalue weighted by molar-refractivity contribution is 7.89. The lowest BCUT2D eigenvalue weighted by Crippen LogP contribution is -2.49. The molecule has 29 heavy (non-hydrogen) atoms. The molecule has 1 N–H and O–H groups in total. The van der Waals surface area contributed by atoms with E-state index in [1.807, 2.05) is 0 Å². The predicted octanol–water partition coefficient (Wildman–Crippen LogP) is 1.85. The molecule has 1 amide bonds. The molecular formula is C17H21F3N2O6S. The fourth-order valence-electron chi connectivity index (χ4n) is 2.96. The van der Waals surface area contributed by atoms with Gasteiger partial charge >= 0.3 is 12.3 Å². The molecule has 0 aliphatic carbocycles. The molecule has 0 radical (unpaired) electrons. The Morgan fingerprint density at radius 3 is 2.31 bits per heavy atom. The van der Waals surface area contributed by atoms with Crippen LogP contribution in [0.2, 0.25) is 0 Å². The van der Waals surface area contributed by atoms with E-state index in [4.69, 9.17) is 5.11 Å². The van der Waals surface area contributed by atoms with Crippen LogP contribution in [0.5, 0.6) is 5.75 Å². The van der Waals surface area contributed by atoms with Crippen LogP contribution in [0.15, 0.2) is 23.1 Å². The third kappa shape index (κ3) is 6.32. The molecule has 1 aromatic carbocycles. The lowest BCUT2D eigenvalue weighted by molar-refractivity contribution is -0.274. The number of halogens is 3. The SMILES string of the molecule is CC(=O)N1CCN(S(=O)(=O)c2ccc(OC(F)(F)F)c(CCCC(=O)O)c2)CC1. The van der Waals surface area contributed by atoms with E-state index in [1.54, 1.807) is 0 Å². The van der Waals surface area contributed by atoms with Crippen molar-refractivity contribution in [2.45, 2.75) is 37.4 Å². The third-order valence-electron chi connectivity index (χ3n) is 4.42. The number of amides is 1. The maximum absolute atomic E-state index is 12.9. The van der Waals surface area contributed by atoms with E-state index in [1.165, 1.54) is 11.8 Å². The van der Waals surface area contributed by atoms with Gasteiger partial charge in [0.15, 0.2) is 0 Å². The number of carbonyl (C=O) groups excluding carboxylic acids is 1. The molecule has 0 aromatic heterocycles. The number of hydrogen-bond acceptors (Lipinski definition) is 5. The first-order chi connectivity index (χ1) is 13.4. The highest BCUT2D eigenvalue weighted by Gasteiger charge is 2.33. The Labute approximate surface area is 165 Å². The van der Waals surface area contributed by atoms with Crippen molar-refractivity contribution >= 4 is 21.9 Å². The van der Waals surface area contributed by atoms with Crippen molar-refractivity contribution in [2.24, 2.45) is 0 Å². The second-order valence-corrected chi connectivity index (χ2v) is 8.41. The summed E-state index contributed by atoms with van der Waals surface area (Å²) in [7, 11) is -3.99. The molecule has 0 atom stereocenters. The van der Waals surface area contributed by atoms with Crippen molar-refractivity contribution in [2.75, 3.05) is 26.2 Å². The fraction of sp³-hybridized carbons (Fsp3) is 0.529. The van der Waals surface area contributed by atoms with E-state index >= 15 is 0 Å². The standard InChI is InChI=1S/C17H21F3N2O6S/c1-12(23)21-7-9-22(10-8-21)29(26,27)14-5-6-15(28-17(18,19)20)13(11-14)3-2-4-16(24)25/h5-6,11H,2-4,7-10H2,1H3,(H,24,25). The van der Waals surface area contributed by atoms with Gasteiger partial charge in [0.2, 0.25) is 15.9 Å². The average Bonchev–Trinajstić information content (AvgIpc) is 2.61. The van der Waals surface area contributed by atoms with Crippen LogP contribution >= 0.6 is 0 Å². The Morgan fingerprint density at radius 1 is 1.17 bits per heavy atom. The van der Waals surface area contributed by atoms with Crippen molar-refractivity contribution in [3.8, 4) is 5.75 Å². The molecule has 1 aromatic rings. The lowest BCUT2D eigenvalue weighted by atomic mass is 10.1.